The van der Waals surface area contributed by atoms with Gasteiger partial charge in [-0.1, -0.05) is 12.1 Å². The lowest BCUT2D eigenvalue weighted by Crippen LogP contribution is -2.48. The molecule has 0 aromatic heterocycles. The van der Waals surface area contributed by atoms with Gasteiger partial charge in [-0.2, -0.15) is 0 Å². The minimum atomic E-state index is 0.0750. The van der Waals surface area contributed by atoms with Crippen molar-refractivity contribution in [3.63, 3.8) is 0 Å². The van der Waals surface area contributed by atoms with Crippen molar-refractivity contribution in [2.45, 2.75) is 44.6 Å². The molecule has 1 amide bonds. The first-order valence-corrected chi connectivity index (χ1v) is 11.2. The van der Waals surface area contributed by atoms with Crippen molar-refractivity contribution in [2.24, 2.45) is 0 Å². The molecule has 0 saturated carbocycles. The molecule has 3 aliphatic heterocycles. The fourth-order valence-electron chi connectivity index (χ4n) is 4.69. The van der Waals surface area contributed by atoms with Crippen molar-refractivity contribution in [3.8, 4) is 0 Å². The summed E-state index contributed by atoms with van der Waals surface area (Å²) in [5.41, 5.74) is 1.49. The van der Waals surface area contributed by atoms with Crippen LogP contribution >= 0.6 is 0 Å². The number of unbranched alkanes of at least 4 members (excludes halogenated alkanes) is 1. The van der Waals surface area contributed by atoms with Crippen molar-refractivity contribution in [1.29, 1.82) is 0 Å². The normalized spacial score (nSPS) is 24.0. The lowest BCUT2D eigenvalue weighted by molar-refractivity contribution is -0.118. The SMILES string of the molecule is O=C1CCC(=O)N(CCCCN2CCN(CC3CCCO3)CC2)c2ccccc21. The van der Waals surface area contributed by atoms with Gasteiger partial charge >= 0.3 is 0 Å². The number of anilines is 1. The zero-order chi connectivity index (χ0) is 20.1. The van der Waals surface area contributed by atoms with Gasteiger partial charge in [0.2, 0.25) is 5.91 Å². The maximum absolute atomic E-state index is 12.5. The van der Waals surface area contributed by atoms with Crippen LogP contribution < -0.4 is 4.90 Å². The Bertz CT molecular complexity index is 709. The number of piperazine rings is 1. The van der Waals surface area contributed by atoms with Crippen LogP contribution in [0.25, 0.3) is 0 Å². The van der Waals surface area contributed by atoms with Crippen LogP contribution in [0.1, 0.15) is 48.9 Å². The third-order valence-corrected chi connectivity index (χ3v) is 6.42. The summed E-state index contributed by atoms with van der Waals surface area (Å²) in [4.78, 5) is 31.7. The van der Waals surface area contributed by atoms with Gasteiger partial charge in [-0.05, 0) is 44.4 Å². The second-order valence-corrected chi connectivity index (χ2v) is 8.47. The number of nitrogens with zero attached hydrogens (tertiary/aromatic N) is 3. The zero-order valence-corrected chi connectivity index (χ0v) is 17.4. The molecule has 1 atom stereocenters. The Morgan fingerprint density at radius 1 is 0.931 bits per heavy atom. The number of carbonyl (C=O) groups excluding carboxylic acids is 2. The lowest BCUT2D eigenvalue weighted by Gasteiger charge is -2.35. The van der Waals surface area contributed by atoms with Gasteiger partial charge in [-0.25, -0.2) is 0 Å². The molecule has 3 heterocycles. The number of benzene rings is 1. The van der Waals surface area contributed by atoms with Crippen LogP contribution in [0, 0.1) is 0 Å². The second-order valence-electron chi connectivity index (χ2n) is 8.47. The smallest absolute Gasteiger partial charge is 0.227 e. The summed E-state index contributed by atoms with van der Waals surface area (Å²) in [6.45, 7) is 8.28. The van der Waals surface area contributed by atoms with E-state index in [1.807, 2.05) is 29.2 Å². The lowest BCUT2D eigenvalue weighted by atomic mass is 10.1. The number of fused-ring (bicyclic) bond motifs is 1. The van der Waals surface area contributed by atoms with Crippen LogP contribution in [0.5, 0.6) is 0 Å². The highest BCUT2D eigenvalue weighted by molar-refractivity contribution is 6.09. The van der Waals surface area contributed by atoms with Crippen LogP contribution in [0.15, 0.2) is 24.3 Å². The molecule has 4 rings (SSSR count). The van der Waals surface area contributed by atoms with Gasteiger partial charge in [0.25, 0.3) is 0 Å². The van der Waals surface area contributed by atoms with Crippen LogP contribution in [-0.4, -0.2) is 80.0 Å². The number of Topliss-reactive ketones (excluding diaryl/α,β-unsaturated/α-hetero) is 1. The molecule has 29 heavy (non-hydrogen) atoms. The monoisotopic (exact) mass is 399 g/mol. The summed E-state index contributed by atoms with van der Waals surface area (Å²) in [7, 11) is 0. The highest BCUT2D eigenvalue weighted by Crippen LogP contribution is 2.27. The van der Waals surface area contributed by atoms with Crippen molar-refractivity contribution >= 4 is 17.4 Å². The number of hydrogen-bond donors (Lipinski definition) is 0. The molecular weight excluding hydrogens is 366 g/mol. The minimum absolute atomic E-state index is 0.0750. The molecule has 6 nitrogen and oxygen atoms in total. The molecular formula is C23H33N3O3. The number of amides is 1. The van der Waals surface area contributed by atoms with E-state index >= 15 is 0 Å². The predicted octanol–water partition coefficient (Wildman–Crippen LogP) is 2.57. The van der Waals surface area contributed by atoms with Crippen LogP contribution in [-0.2, 0) is 9.53 Å². The van der Waals surface area contributed by atoms with Gasteiger partial charge in [0, 0.05) is 64.3 Å². The molecule has 0 radical (unpaired) electrons. The Labute approximate surface area is 173 Å². The predicted molar refractivity (Wildman–Crippen MR) is 113 cm³/mol. The molecule has 0 bridgehead atoms. The number of para-hydroxylation sites is 1. The van der Waals surface area contributed by atoms with Crippen LogP contribution in [0.4, 0.5) is 5.69 Å². The van der Waals surface area contributed by atoms with E-state index in [2.05, 4.69) is 9.80 Å². The summed E-state index contributed by atoms with van der Waals surface area (Å²) in [6.07, 6.45) is 5.55. The third-order valence-electron chi connectivity index (χ3n) is 6.42. The largest absolute Gasteiger partial charge is 0.377 e. The topological polar surface area (TPSA) is 53.1 Å². The van der Waals surface area contributed by atoms with E-state index in [0.29, 0.717) is 31.1 Å². The molecule has 3 aliphatic rings. The average molecular weight is 400 g/mol. The van der Waals surface area contributed by atoms with Gasteiger partial charge in [-0.15, -0.1) is 0 Å². The molecule has 2 saturated heterocycles. The average Bonchev–Trinajstić information content (AvgIpc) is 3.22. The molecule has 0 N–H and O–H groups in total. The standard InChI is InChI=1S/C23H33N3O3/c27-22-9-10-23(28)26(21-8-2-1-7-20(21)22)12-4-3-11-24-13-15-25(16-14-24)18-19-6-5-17-29-19/h1-2,7-8,19H,3-6,9-18H2. The fraction of sp³-hybridized carbons (Fsp3) is 0.652. The first-order valence-electron chi connectivity index (χ1n) is 11.2. The van der Waals surface area contributed by atoms with Gasteiger partial charge in [0.1, 0.15) is 0 Å². The molecule has 1 aromatic carbocycles. The van der Waals surface area contributed by atoms with E-state index in [-0.39, 0.29) is 11.7 Å². The number of carbonyl (C=O) groups is 2. The van der Waals surface area contributed by atoms with E-state index in [1.54, 1.807) is 0 Å². The Morgan fingerprint density at radius 3 is 2.48 bits per heavy atom. The minimum Gasteiger partial charge on any atom is -0.377 e. The summed E-state index contributed by atoms with van der Waals surface area (Å²) in [6, 6.07) is 7.54. The molecule has 2 fully saturated rings. The first kappa shape index (κ1) is 20.5. The van der Waals surface area contributed by atoms with Gasteiger partial charge in [0.05, 0.1) is 11.8 Å². The maximum Gasteiger partial charge on any atom is 0.227 e. The Kier molecular flexibility index (Phi) is 6.95. The number of ether oxygens (including phenoxy) is 1. The summed E-state index contributed by atoms with van der Waals surface area (Å²) < 4.78 is 5.76. The van der Waals surface area contributed by atoms with E-state index in [1.165, 1.54) is 12.8 Å². The van der Waals surface area contributed by atoms with E-state index in [0.717, 1.165) is 64.4 Å². The summed E-state index contributed by atoms with van der Waals surface area (Å²) in [5.74, 6) is 0.156. The van der Waals surface area contributed by atoms with Crippen molar-refractivity contribution < 1.29 is 14.3 Å². The van der Waals surface area contributed by atoms with Gasteiger partial charge < -0.3 is 14.5 Å². The third kappa shape index (κ3) is 5.24. The number of hydrogen-bond acceptors (Lipinski definition) is 5. The Morgan fingerprint density at radius 2 is 1.69 bits per heavy atom. The van der Waals surface area contributed by atoms with Crippen LogP contribution in [0.3, 0.4) is 0 Å². The Hall–Kier alpha value is -1.76. The summed E-state index contributed by atoms with van der Waals surface area (Å²) >= 11 is 0. The Balaban J connectivity index is 1.20. The fourth-order valence-corrected chi connectivity index (χ4v) is 4.69. The molecule has 1 aromatic rings. The number of rotatable bonds is 7. The quantitative estimate of drug-likeness (QED) is 0.660. The molecule has 0 spiro atoms. The second kappa shape index (κ2) is 9.83. The highest BCUT2D eigenvalue weighted by atomic mass is 16.5. The van der Waals surface area contributed by atoms with E-state index < -0.39 is 0 Å². The van der Waals surface area contributed by atoms with E-state index in [4.69, 9.17) is 4.74 Å². The van der Waals surface area contributed by atoms with Crippen molar-refractivity contribution in [1.82, 2.24) is 9.80 Å². The molecule has 0 aliphatic carbocycles. The van der Waals surface area contributed by atoms with E-state index in [9.17, 15) is 9.59 Å². The molecule has 6 heteroatoms. The van der Waals surface area contributed by atoms with Gasteiger partial charge in [0.15, 0.2) is 5.78 Å². The maximum atomic E-state index is 12.5. The molecule has 1 unspecified atom stereocenters. The molecule has 158 valence electrons. The zero-order valence-electron chi connectivity index (χ0n) is 17.4. The highest BCUT2D eigenvalue weighted by Gasteiger charge is 2.26. The first-order chi connectivity index (χ1) is 14.2. The number of ketones is 1. The van der Waals surface area contributed by atoms with Crippen LogP contribution in [0.2, 0.25) is 0 Å². The van der Waals surface area contributed by atoms with Crippen molar-refractivity contribution in [3.05, 3.63) is 29.8 Å². The summed E-state index contributed by atoms with van der Waals surface area (Å²) in [5, 5.41) is 0. The van der Waals surface area contributed by atoms with Crippen molar-refractivity contribution in [2.75, 3.05) is 57.3 Å². The van der Waals surface area contributed by atoms with Gasteiger partial charge in [-0.3, -0.25) is 14.5 Å².